The van der Waals surface area contributed by atoms with E-state index in [0.717, 1.165) is 11.0 Å². The second kappa shape index (κ2) is 9.46. The fourth-order valence-electron chi connectivity index (χ4n) is 1.65. The summed E-state index contributed by atoms with van der Waals surface area (Å²) in [5.41, 5.74) is 1.27. The van der Waals surface area contributed by atoms with E-state index >= 15 is 0 Å². The Morgan fingerprint density at radius 1 is 1.40 bits per heavy atom. The zero-order chi connectivity index (χ0) is 15.8. The topological polar surface area (TPSA) is 29.5 Å². The molecule has 0 amide bonds. The second-order valence-electron chi connectivity index (χ2n) is 5.43. The van der Waals surface area contributed by atoms with Crippen LogP contribution in [0.4, 0.5) is 0 Å². The van der Waals surface area contributed by atoms with Crippen LogP contribution in [0.25, 0.3) is 0 Å². The molecule has 0 heterocycles. The van der Waals surface area contributed by atoms with Crippen LogP contribution in [0.1, 0.15) is 26.7 Å². The maximum atomic E-state index is 9.62. The zero-order valence-corrected chi connectivity index (χ0v) is 15.4. The molecule has 0 fully saturated rings. The first-order valence-electron chi connectivity index (χ1n) is 6.77. The molecule has 0 aliphatic heterocycles. The molecule has 0 spiro atoms. The molecule has 0 bridgehead atoms. The van der Waals surface area contributed by atoms with Gasteiger partial charge in [0.1, 0.15) is 0 Å². The molecular formula is C16H30O2S2. The highest BCUT2D eigenvalue weighted by atomic mass is 32.3. The van der Waals surface area contributed by atoms with E-state index in [-0.39, 0.29) is 5.76 Å². The van der Waals surface area contributed by atoms with Gasteiger partial charge >= 0.3 is 0 Å². The van der Waals surface area contributed by atoms with E-state index < -0.39 is 10.0 Å². The highest BCUT2D eigenvalue weighted by Crippen LogP contribution is 2.50. The first kappa shape index (κ1) is 19.5. The fraction of sp³-hybridized carbons (Fsp3) is 0.625. The van der Waals surface area contributed by atoms with Crippen molar-refractivity contribution in [1.29, 1.82) is 0 Å². The number of hydrogen-bond donors (Lipinski definition) is 1. The normalized spacial score (nSPS) is 15.9. The predicted octanol–water partition coefficient (Wildman–Crippen LogP) is 5.09. The van der Waals surface area contributed by atoms with E-state index in [4.69, 9.17) is 4.74 Å². The summed E-state index contributed by atoms with van der Waals surface area (Å²) in [6.45, 7) is 8.04. The Labute approximate surface area is 130 Å². The van der Waals surface area contributed by atoms with Crippen molar-refractivity contribution in [2.24, 2.45) is 0 Å². The minimum absolute atomic E-state index is 0.0915. The van der Waals surface area contributed by atoms with Crippen molar-refractivity contribution in [3.8, 4) is 0 Å². The summed E-state index contributed by atoms with van der Waals surface area (Å²) in [6.07, 6.45) is 12.9. The molecule has 0 aliphatic carbocycles. The third-order valence-corrected chi connectivity index (χ3v) is 9.47. The number of hydrogen-bond acceptors (Lipinski definition) is 3. The van der Waals surface area contributed by atoms with Crippen molar-refractivity contribution in [3.05, 3.63) is 35.8 Å². The third kappa shape index (κ3) is 7.34. The third-order valence-electron chi connectivity index (χ3n) is 3.53. The van der Waals surface area contributed by atoms with Gasteiger partial charge in [0.2, 0.25) is 0 Å². The maximum Gasteiger partial charge on any atom is 0.156 e. The number of aliphatic hydroxyl groups is 1. The van der Waals surface area contributed by atoms with Crippen molar-refractivity contribution in [2.75, 3.05) is 31.6 Å². The Balaban J connectivity index is 4.30. The molecule has 20 heavy (non-hydrogen) atoms. The quantitative estimate of drug-likeness (QED) is 0.474. The van der Waals surface area contributed by atoms with E-state index in [9.17, 15) is 5.11 Å². The van der Waals surface area contributed by atoms with Crippen molar-refractivity contribution < 1.29 is 9.84 Å². The van der Waals surface area contributed by atoms with Gasteiger partial charge in [-0.25, -0.2) is 10.0 Å². The molecule has 0 aromatic rings. The van der Waals surface area contributed by atoms with Gasteiger partial charge in [-0.2, -0.15) is 11.8 Å². The lowest BCUT2D eigenvalue weighted by Gasteiger charge is -2.37. The molecule has 0 aromatic heterocycles. The Kier molecular flexibility index (Phi) is 9.23. The lowest BCUT2D eigenvalue weighted by atomic mass is 10.1. The monoisotopic (exact) mass is 318 g/mol. The standard InChI is InChI=1S/C16H30O2S2/c1-13(10-11-16(17)14(2)18-4)9-8-12-20(6,7)15(3)19-5/h10-11,15,17H,2,8-9,12H2,1,3-7H3/b13-10+,16-11+. The number of aliphatic hydroxyl groups excluding tert-OH is 1. The number of rotatable bonds is 9. The summed E-state index contributed by atoms with van der Waals surface area (Å²) < 4.78 is 5.62. The zero-order valence-electron chi connectivity index (χ0n) is 13.7. The number of methoxy groups -OCH3 is 1. The molecule has 0 saturated heterocycles. The first-order chi connectivity index (χ1) is 9.24. The van der Waals surface area contributed by atoms with E-state index in [1.165, 1.54) is 24.9 Å². The molecule has 1 atom stereocenters. The van der Waals surface area contributed by atoms with Gasteiger partial charge in [-0.15, -0.1) is 0 Å². The lowest BCUT2D eigenvalue weighted by molar-refractivity contribution is 0.258. The minimum atomic E-state index is -0.518. The summed E-state index contributed by atoms with van der Waals surface area (Å²) in [5, 5.41) is 9.62. The van der Waals surface area contributed by atoms with Gasteiger partial charge in [-0.3, -0.25) is 0 Å². The van der Waals surface area contributed by atoms with Crippen LogP contribution in [0.2, 0.25) is 0 Å². The summed E-state index contributed by atoms with van der Waals surface area (Å²) in [7, 11) is 0.983. The highest BCUT2D eigenvalue weighted by Gasteiger charge is 2.18. The van der Waals surface area contributed by atoms with Crippen LogP contribution >= 0.6 is 21.8 Å². The van der Waals surface area contributed by atoms with Gasteiger partial charge in [0, 0.05) is 4.58 Å². The molecule has 0 saturated carbocycles. The lowest BCUT2D eigenvalue weighted by Crippen LogP contribution is -2.12. The van der Waals surface area contributed by atoms with Crippen LogP contribution in [0.5, 0.6) is 0 Å². The van der Waals surface area contributed by atoms with Gasteiger partial charge in [0.25, 0.3) is 0 Å². The summed E-state index contributed by atoms with van der Waals surface area (Å²) >= 11 is 1.97. The number of ether oxygens (including phenoxy) is 1. The molecule has 0 aliphatic rings. The van der Waals surface area contributed by atoms with E-state index in [1.807, 2.05) is 17.8 Å². The molecular weight excluding hydrogens is 288 g/mol. The van der Waals surface area contributed by atoms with Gasteiger partial charge in [-0.05, 0) is 57.3 Å². The molecule has 0 radical (unpaired) electrons. The smallest absolute Gasteiger partial charge is 0.156 e. The molecule has 1 N–H and O–H groups in total. The van der Waals surface area contributed by atoms with Gasteiger partial charge in [0.05, 0.1) is 7.11 Å². The van der Waals surface area contributed by atoms with Crippen molar-refractivity contribution in [2.45, 2.75) is 31.3 Å². The van der Waals surface area contributed by atoms with Gasteiger partial charge in [-0.1, -0.05) is 18.2 Å². The predicted molar refractivity (Wildman–Crippen MR) is 97.1 cm³/mol. The van der Waals surface area contributed by atoms with Crippen LogP contribution in [-0.2, 0) is 4.74 Å². The molecule has 0 rings (SSSR count). The first-order valence-corrected chi connectivity index (χ1v) is 10.7. The average molecular weight is 319 g/mol. The van der Waals surface area contributed by atoms with Crippen molar-refractivity contribution in [1.82, 2.24) is 0 Å². The maximum absolute atomic E-state index is 9.62. The van der Waals surface area contributed by atoms with Crippen molar-refractivity contribution >= 4 is 21.8 Å². The summed E-state index contributed by atoms with van der Waals surface area (Å²) in [4.78, 5) is 0. The molecule has 4 heteroatoms. The minimum Gasteiger partial charge on any atom is -0.504 e. The Morgan fingerprint density at radius 3 is 2.50 bits per heavy atom. The van der Waals surface area contributed by atoms with Crippen LogP contribution in [0.3, 0.4) is 0 Å². The van der Waals surface area contributed by atoms with Gasteiger partial charge < -0.3 is 9.84 Å². The molecule has 118 valence electrons. The highest BCUT2D eigenvalue weighted by molar-refractivity contribution is 8.39. The Bertz CT molecular complexity index is 371. The summed E-state index contributed by atoms with van der Waals surface area (Å²) in [6, 6.07) is 0. The molecule has 0 aromatic carbocycles. The second-order valence-corrected chi connectivity index (χ2v) is 11.3. The van der Waals surface area contributed by atoms with Gasteiger partial charge in [0.15, 0.2) is 11.5 Å². The van der Waals surface area contributed by atoms with E-state index in [1.54, 1.807) is 6.08 Å². The largest absolute Gasteiger partial charge is 0.504 e. The molecule has 2 nitrogen and oxygen atoms in total. The van der Waals surface area contributed by atoms with Crippen LogP contribution in [0.15, 0.2) is 35.8 Å². The molecule has 1 unspecified atom stereocenters. The SMILES string of the molecule is C=C(OC)/C(O)=C\C=C(/C)CCCS(C)(C)C(C)SC. The van der Waals surface area contributed by atoms with E-state index in [0.29, 0.717) is 5.76 Å². The Morgan fingerprint density at radius 2 is 2.00 bits per heavy atom. The van der Waals surface area contributed by atoms with Crippen molar-refractivity contribution in [3.63, 3.8) is 0 Å². The Hall–Kier alpha value is -0.480. The summed E-state index contributed by atoms with van der Waals surface area (Å²) in [5.74, 6) is 1.68. The van der Waals surface area contributed by atoms with Crippen LogP contribution < -0.4 is 0 Å². The average Bonchev–Trinajstić information content (AvgIpc) is 2.42. The fourth-order valence-corrected chi connectivity index (χ4v) is 5.24. The van der Waals surface area contributed by atoms with E-state index in [2.05, 4.69) is 39.2 Å². The van der Waals surface area contributed by atoms with Crippen LogP contribution in [0, 0.1) is 0 Å². The number of allylic oxidation sites excluding steroid dienone is 3. The number of thioether (sulfide) groups is 1. The van der Waals surface area contributed by atoms with Crippen LogP contribution in [-0.4, -0.2) is 41.3 Å².